The third-order valence-corrected chi connectivity index (χ3v) is 3.62. The first-order valence-electron chi connectivity index (χ1n) is 8.05. The van der Waals surface area contributed by atoms with Crippen molar-refractivity contribution in [3.63, 3.8) is 0 Å². The van der Waals surface area contributed by atoms with Crippen molar-refractivity contribution < 1.29 is 24.9 Å². The largest absolute Gasteiger partial charge is 0.493 e. The fourth-order valence-electron chi connectivity index (χ4n) is 2.49. The summed E-state index contributed by atoms with van der Waals surface area (Å²) in [7, 11) is 3.20. The van der Waals surface area contributed by atoms with Crippen LogP contribution in [-0.4, -0.2) is 46.2 Å². The lowest BCUT2D eigenvalue weighted by Crippen LogP contribution is -2.02. The van der Waals surface area contributed by atoms with Crippen molar-refractivity contribution in [3.8, 4) is 11.5 Å². The first kappa shape index (κ1) is 21.2. The van der Waals surface area contributed by atoms with Crippen LogP contribution < -0.4 is 15.2 Å². The van der Waals surface area contributed by atoms with Crippen LogP contribution in [0, 0.1) is 10.1 Å². The van der Waals surface area contributed by atoms with Crippen molar-refractivity contribution in [2.75, 3.05) is 26.6 Å². The quantitative estimate of drug-likeness (QED) is 0.360. The van der Waals surface area contributed by atoms with Crippen LogP contribution in [0.15, 0.2) is 12.1 Å². The molecule has 2 rings (SSSR count). The minimum Gasteiger partial charge on any atom is -0.493 e. The molecule has 2 aromatic rings. The van der Waals surface area contributed by atoms with Gasteiger partial charge in [-0.15, -0.1) is 10.1 Å². The molecule has 0 aliphatic carbocycles. The van der Waals surface area contributed by atoms with E-state index in [1.165, 1.54) is 0 Å². The molecule has 0 unspecified atom stereocenters. The maximum absolute atomic E-state index is 8.80. The molecule has 0 saturated heterocycles. The minimum atomic E-state index is -1.50. The van der Waals surface area contributed by atoms with E-state index >= 15 is 0 Å². The molecule has 0 radical (unpaired) electrons. The van der Waals surface area contributed by atoms with E-state index in [9.17, 15) is 0 Å². The van der Waals surface area contributed by atoms with E-state index in [-0.39, 0.29) is 12.6 Å². The number of anilines is 1. The highest BCUT2D eigenvalue weighted by molar-refractivity contribution is 5.85. The molecule has 0 bridgehead atoms. The number of hydrogen-bond acceptors (Lipinski definition) is 8. The highest BCUT2D eigenvalue weighted by atomic mass is 16.9. The van der Waals surface area contributed by atoms with Crippen LogP contribution in [0.2, 0.25) is 0 Å². The van der Waals surface area contributed by atoms with Gasteiger partial charge in [-0.05, 0) is 25.3 Å². The number of aromatic nitrogens is 2. The maximum Gasteiger partial charge on any atom is 0.291 e. The number of hydrogen-bond donors (Lipinski definition) is 3. The Labute approximate surface area is 150 Å². The predicted molar refractivity (Wildman–Crippen MR) is 95.1 cm³/mol. The summed E-state index contributed by atoms with van der Waals surface area (Å²) in [5.41, 5.74) is 7.49. The molecule has 1 aromatic heterocycles. The van der Waals surface area contributed by atoms with Crippen LogP contribution >= 0.6 is 0 Å². The van der Waals surface area contributed by atoms with Crippen molar-refractivity contribution in [1.82, 2.24) is 9.97 Å². The number of benzene rings is 1. The third kappa shape index (κ3) is 6.55. The van der Waals surface area contributed by atoms with E-state index < -0.39 is 5.09 Å². The van der Waals surface area contributed by atoms with Crippen molar-refractivity contribution in [2.24, 2.45) is 0 Å². The average molecular weight is 368 g/mol. The van der Waals surface area contributed by atoms with Crippen LogP contribution in [-0.2, 0) is 6.42 Å². The number of rotatable bonds is 8. The van der Waals surface area contributed by atoms with Crippen LogP contribution in [0.25, 0.3) is 10.9 Å². The van der Waals surface area contributed by atoms with Gasteiger partial charge in [-0.1, -0.05) is 12.8 Å². The van der Waals surface area contributed by atoms with Crippen LogP contribution in [0.3, 0.4) is 0 Å². The average Bonchev–Trinajstić information content (AvgIpc) is 2.59. The van der Waals surface area contributed by atoms with Crippen LogP contribution in [0.5, 0.6) is 11.5 Å². The number of fused-ring (bicyclic) bond motifs is 1. The topological polar surface area (TPSA) is 154 Å². The Morgan fingerprint density at radius 3 is 2.27 bits per heavy atom. The van der Waals surface area contributed by atoms with Gasteiger partial charge < -0.3 is 25.5 Å². The lowest BCUT2D eigenvalue weighted by atomic mass is 10.1. The lowest BCUT2D eigenvalue weighted by molar-refractivity contribution is -0.742. The fourth-order valence-corrected chi connectivity index (χ4v) is 2.49. The normalized spacial score (nSPS) is 10.1. The Hall–Kier alpha value is -2.88. The molecule has 4 N–H and O–H groups in total. The molecule has 0 spiro atoms. The van der Waals surface area contributed by atoms with Gasteiger partial charge in [-0.2, -0.15) is 0 Å². The van der Waals surface area contributed by atoms with Crippen LogP contribution in [0.1, 0.15) is 31.4 Å². The van der Waals surface area contributed by atoms with E-state index in [4.69, 9.17) is 35.6 Å². The summed E-state index contributed by atoms with van der Waals surface area (Å²) in [4.78, 5) is 17.0. The number of nitrogens with zero attached hydrogens (tertiary/aromatic N) is 3. The smallest absolute Gasteiger partial charge is 0.291 e. The van der Waals surface area contributed by atoms with E-state index in [2.05, 4.69) is 9.97 Å². The zero-order valence-electron chi connectivity index (χ0n) is 14.8. The van der Waals surface area contributed by atoms with Gasteiger partial charge in [-0.25, -0.2) is 9.97 Å². The zero-order chi connectivity index (χ0) is 19.5. The van der Waals surface area contributed by atoms with Gasteiger partial charge >= 0.3 is 0 Å². The zero-order valence-corrected chi connectivity index (χ0v) is 14.8. The molecule has 10 heteroatoms. The first-order chi connectivity index (χ1) is 12.4. The Morgan fingerprint density at radius 2 is 1.69 bits per heavy atom. The SMILES string of the molecule is COc1cc2nc(N)nc(CCCCCCO)c2cc1OC.O=[N+]([O-])O. The maximum atomic E-state index is 8.80. The van der Waals surface area contributed by atoms with E-state index in [0.717, 1.165) is 48.7 Å². The van der Waals surface area contributed by atoms with Gasteiger partial charge in [0.1, 0.15) is 0 Å². The molecule has 0 aliphatic heterocycles. The van der Waals surface area contributed by atoms with Crippen molar-refractivity contribution in [2.45, 2.75) is 32.1 Å². The molecule has 144 valence electrons. The summed E-state index contributed by atoms with van der Waals surface area (Å²) in [6.45, 7) is 0.250. The predicted octanol–water partition coefficient (Wildman–Crippen LogP) is 1.98. The number of aryl methyl sites for hydroxylation is 1. The number of nitrogen functional groups attached to an aromatic ring is 1. The Kier molecular flexibility index (Phi) is 8.85. The molecule has 1 aromatic carbocycles. The van der Waals surface area contributed by atoms with Gasteiger partial charge in [-0.3, -0.25) is 0 Å². The number of aliphatic hydroxyl groups excluding tert-OH is 1. The fraction of sp³-hybridized carbons (Fsp3) is 0.500. The highest BCUT2D eigenvalue weighted by Gasteiger charge is 2.12. The second kappa shape index (κ2) is 10.9. The van der Waals surface area contributed by atoms with E-state index in [1.54, 1.807) is 14.2 Å². The summed E-state index contributed by atoms with van der Waals surface area (Å²) in [5.74, 6) is 1.55. The third-order valence-electron chi connectivity index (χ3n) is 3.62. The lowest BCUT2D eigenvalue weighted by Gasteiger charge is -2.11. The summed E-state index contributed by atoms with van der Waals surface area (Å²) in [6.07, 6.45) is 4.74. The Balaban J connectivity index is 0.000000765. The Bertz CT molecular complexity index is 721. The standard InChI is InChI=1S/C16H23N3O3.HNO3/c1-21-14-9-11-12(7-5-3-4-6-8-20)18-16(17)19-13(11)10-15(14)22-2;2-1(3)4/h9-10,20H,3-8H2,1-2H3,(H2,17,18,19);(H,2,3,4). The highest BCUT2D eigenvalue weighted by Crippen LogP contribution is 2.33. The van der Waals surface area contributed by atoms with E-state index in [0.29, 0.717) is 11.5 Å². The van der Waals surface area contributed by atoms with Gasteiger partial charge in [0.25, 0.3) is 5.09 Å². The second-order valence-electron chi connectivity index (χ2n) is 5.38. The van der Waals surface area contributed by atoms with Crippen molar-refractivity contribution >= 4 is 16.9 Å². The molecule has 0 aliphatic rings. The molecule has 0 fully saturated rings. The minimum absolute atomic E-state index is 0.250. The number of unbranched alkanes of at least 4 members (excludes halogenated alkanes) is 3. The molecule has 10 nitrogen and oxygen atoms in total. The van der Waals surface area contributed by atoms with Gasteiger partial charge in [0, 0.05) is 18.1 Å². The molecule has 0 saturated carbocycles. The molecule has 0 atom stereocenters. The first-order valence-corrected chi connectivity index (χ1v) is 8.05. The number of ether oxygens (including phenoxy) is 2. The summed E-state index contributed by atoms with van der Waals surface area (Å²) in [6, 6.07) is 3.72. The molecular weight excluding hydrogens is 344 g/mol. The summed E-state index contributed by atoms with van der Waals surface area (Å²) in [5, 5.41) is 23.4. The van der Waals surface area contributed by atoms with Crippen LogP contribution in [0.4, 0.5) is 5.95 Å². The van der Waals surface area contributed by atoms with Gasteiger partial charge in [0.2, 0.25) is 5.95 Å². The van der Waals surface area contributed by atoms with Gasteiger partial charge in [0.15, 0.2) is 11.5 Å². The van der Waals surface area contributed by atoms with Crippen molar-refractivity contribution in [3.05, 3.63) is 27.9 Å². The number of nitrogens with two attached hydrogens (primary N) is 1. The van der Waals surface area contributed by atoms with Gasteiger partial charge in [0.05, 0.1) is 25.4 Å². The number of aliphatic hydroxyl groups is 1. The monoisotopic (exact) mass is 368 g/mol. The van der Waals surface area contributed by atoms with Crippen molar-refractivity contribution in [1.29, 1.82) is 0 Å². The van der Waals surface area contributed by atoms with E-state index in [1.807, 2.05) is 12.1 Å². The summed E-state index contributed by atoms with van der Waals surface area (Å²) < 4.78 is 10.6. The molecule has 1 heterocycles. The molecule has 0 amide bonds. The molecule has 26 heavy (non-hydrogen) atoms. The second-order valence-corrected chi connectivity index (χ2v) is 5.38. The number of methoxy groups -OCH3 is 2. The molecular formula is C16H24N4O6. The Morgan fingerprint density at radius 1 is 1.12 bits per heavy atom. The summed E-state index contributed by atoms with van der Waals surface area (Å²) >= 11 is 0.